The Morgan fingerprint density at radius 3 is 2.43 bits per heavy atom. The molecular weight excluding hydrogens is 447 g/mol. The van der Waals surface area contributed by atoms with Gasteiger partial charge < -0.3 is 21.3 Å². The number of nitrogens with zero attached hydrogens (tertiary/aromatic N) is 3. The number of benzene rings is 1. The molecule has 0 unspecified atom stereocenters. The van der Waals surface area contributed by atoms with Crippen LogP contribution in [0.15, 0.2) is 40.1 Å². The molecule has 0 saturated heterocycles. The number of alkyl halides is 2. The van der Waals surface area contributed by atoms with Gasteiger partial charge in [-0.05, 0) is 34.1 Å². The van der Waals surface area contributed by atoms with Crippen LogP contribution in [-0.4, -0.2) is 46.5 Å². The zero-order valence-electron chi connectivity index (χ0n) is 14.2. The number of hydrogen-bond acceptors (Lipinski definition) is 7. The van der Waals surface area contributed by atoms with E-state index >= 15 is 0 Å². The molecule has 0 spiro atoms. The molecule has 1 aromatic heterocycles. The molecule has 1 aromatic carbocycles. The molecule has 1 aliphatic heterocycles. The Balaban J connectivity index is 0.000000261. The van der Waals surface area contributed by atoms with Gasteiger partial charge >= 0.3 is 5.97 Å². The first-order valence-corrected chi connectivity index (χ1v) is 8.42. The molecule has 0 bridgehead atoms. The number of carboxylic acids is 1. The van der Waals surface area contributed by atoms with Crippen LogP contribution in [0.25, 0.3) is 0 Å². The molecule has 1 atom stereocenters. The number of hydrogen-bond donors (Lipinski definition) is 3. The maximum absolute atomic E-state index is 14.1. The summed E-state index contributed by atoms with van der Waals surface area (Å²) in [5.41, 5.74) is 8.65. The van der Waals surface area contributed by atoms with Crippen molar-refractivity contribution in [2.45, 2.75) is 12.0 Å². The quantitative estimate of drug-likeness (QED) is 0.595. The van der Waals surface area contributed by atoms with E-state index in [1.807, 2.05) is 0 Å². The second kappa shape index (κ2) is 8.97. The van der Waals surface area contributed by atoms with Crippen LogP contribution in [0.2, 0.25) is 0 Å². The molecule has 2 aromatic rings. The number of aromatic nitrogens is 2. The van der Waals surface area contributed by atoms with E-state index in [9.17, 15) is 18.0 Å². The van der Waals surface area contributed by atoms with E-state index in [1.165, 1.54) is 18.5 Å². The highest BCUT2D eigenvalue weighted by molar-refractivity contribution is 9.10. The molecule has 5 N–H and O–H groups in total. The molecule has 0 radical (unpaired) electrons. The van der Waals surface area contributed by atoms with Crippen molar-refractivity contribution >= 4 is 33.4 Å². The molecule has 2 heterocycles. The Morgan fingerprint density at radius 2 is 1.93 bits per heavy atom. The zero-order chi connectivity index (χ0) is 20.9. The highest BCUT2D eigenvalue weighted by atomic mass is 79.9. The van der Waals surface area contributed by atoms with Gasteiger partial charge in [0.05, 0.1) is 11.1 Å². The van der Waals surface area contributed by atoms with Crippen LogP contribution in [0, 0.1) is 5.82 Å². The van der Waals surface area contributed by atoms with Crippen molar-refractivity contribution in [3.05, 3.63) is 52.3 Å². The molecule has 0 saturated carbocycles. The molecule has 0 aliphatic carbocycles. The lowest BCUT2D eigenvalue weighted by molar-refractivity contribution is -0.0146. The van der Waals surface area contributed by atoms with Crippen LogP contribution in [0.1, 0.15) is 16.2 Å². The van der Waals surface area contributed by atoms with Crippen molar-refractivity contribution < 1.29 is 27.8 Å². The lowest BCUT2D eigenvalue weighted by Gasteiger charge is -2.33. The van der Waals surface area contributed by atoms with Gasteiger partial charge in [0.15, 0.2) is 5.54 Å². The fraction of sp³-hybridized carbons (Fsp3) is 0.250. The summed E-state index contributed by atoms with van der Waals surface area (Å²) in [5.74, 6) is -2.23. The number of aliphatic imine (C=N–C) groups is 1. The van der Waals surface area contributed by atoms with E-state index < -0.39 is 30.4 Å². The van der Waals surface area contributed by atoms with Crippen LogP contribution in [0.3, 0.4) is 0 Å². The van der Waals surface area contributed by atoms with E-state index in [0.29, 0.717) is 0 Å². The van der Waals surface area contributed by atoms with E-state index in [2.05, 4.69) is 30.9 Å². The van der Waals surface area contributed by atoms with Crippen molar-refractivity contribution in [3.63, 3.8) is 0 Å². The van der Waals surface area contributed by atoms with Gasteiger partial charge in [0.25, 0.3) is 6.43 Å². The third kappa shape index (κ3) is 4.75. The summed E-state index contributed by atoms with van der Waals surface area (Å²) in [5, 5.41) is 8.26. The number of ether oxygens (including phenoxy) is 1. The molecule has 1 aliphatic rings. The van der Waals surface area contributed by atoms with E-state index in [-0.39, 0.29) is 34.0 Å². The third-order valence-electron chi connectivity index (χ3n) is 3.55. The minimum atomic E-state index is -2.98. The molecule has 28 heavy (non-hydrogen) atoms. The molecule has 0 fully saturated rings. The molecular formula is C16H15BrF3N5O3. The van der Waals surface area contributed by atoms with E-state index in [1.54, 1.807) is 6.07 Å². The number of rotatable bonds is 3. The minimum absolute atomic E-state index is 0.0122. The fourth-order valence-corrected chi connectivity index (χ4v) is 2.81. The van der Waals surface area contributed by atoms with Crippen LogP contribution in [0.5, 0.6) is 0 Å². The predicted molar refractivity (Wildman–Crippen MR) is 97.6 cm³/mol. The Morgan fingerprint density at radius 1 is 1.29 bits per heavy atom. The highest BCUT2D eigenvalue weighted by Gasteiger charge is 2.46. The third-order valence-corrected chi connectivity index (χ3v) is 4.13. The Kier molecular flexibility index (Phi) is 6.91. The monoisotopic (exact) mass is 461 g/mol. The molecule has 8 nitrogen and oxygen atoms in total. The summed E-state index contributed by atoms with van der Waals surface area (Å²) in [6.45, 7) is -0.516. The number of anilines is 1. The van der Waals surface area contributed by atoms with Gasteiger partial charge in [-0.2, -0.15) is 0 Å². The van der Waals surface area contributed by atoms with Gasteiger partial charge in [-0.3, -0.25) is 4.99 Å². The summed E-state index contributed by atoms with van der Waals surface area (Å²) < 4.78 is 45.9. The Bertz CT molecular complexity index is 885. The maximum atomic E-state index is 14.1. The largest absolute Gasteiger partial charge is 0.475 e. The number of carboxylic acid groups (broad SMARTS) is 1. The second-order valence-corrected chi connectivity index (χ2v) is 6.42. The second-order valence-electron chi connectivity index (χ2n) is 5.56. The zero-order valence-corrected chi connectivity index (χ0v) is 15.7. The minimum Gasteiger partial charge on any atom is -0.475 e. The SMILES string of the molecule is NC1=N[C@@](c2cc(N)cc(Br)c2F)(C(F)F)COC1.O=C(O)c1ncccn1. The highest BCUT2D eigenvalue weighted by Crippen LogP contribution is 2.39. The van der Waals surface area contributed by atoms with Crippen molar-refractivity contribution in [2.75, 3.05) is 18.9 Å². The molecule has 0 amide bonds. The van der Waals surface area contributed by atoms with Crippen LogP contribution in [-0.2, 0) is 10.3 Å². The lowest BCUT2D eigenvalue weighted by Crippen LogP contribution is -2.45. The lowest BCUT2D eigenvalue weighted by atomic mass is 9.90. The number of nitrogen functional groups attached to an aromatic ring is 1. The van der Waals surface area contributed by atoms with Crippen molar-refractivity contribution in [2.24, 2.45) is 10.7 Å². The molecule has 12 heteroatoms. The van der Waals surface area contributed by atoms with Crippen molar-refractivity contribution in [1.82, 2.24) is 9.97 Å². The Hall–Kier alpha value is -2.73. The smallest absolute Gasteiger partial charge is 0.373 e. The van der Waals surface area contributed by atoms with Crippen LogP contribution < -0.4 is 11.5 Å². The number of nitrogens with two attached hydrogens (primary N) is 2. The van der Waals surface area contributed by atoms with Crippen molar-refractivity contribution in [1.29, 1.82) is 0 Å². The number of halogens is 4. The van der Waals surface area contributed by atoms with Gasteiger partial charge in [0.2, 0.25) is 5.82 Å². The van der Waals surface area contributed by atoms with Gasteiger partial charge in [-0.15, -0.1) is 0 Å². The van der Waals surface area contributed by atoms with Gasteiger partial charge in [-0.25, -0.2) is 27.9 Å². The number of carbonyl (C=O) groups is 1. The predicted octanol–water partition coefficient (Wildman–Crippen LogP) is 2.19. The van der Waals surface area contributed by atoms with Gasteiger partial charge in [-0.1, -0.05) is 0 Å². The maximum Gasteiger partial charge on any atom is 0.373 e. The summed E-state index contributed by atoms with van der Waals surface area (Å²) in [7, 11) is 0. The summed E-state index contributed by atoms with van der Waals surface area (Å²) in [6.07, 6.45) is -0.207. The Labute approximate surface area is 165 Å². The average Bonchev–Trinajstić information content (AvgIpc) is 2.65. The number of aromatic carboxylic acids is 1. The van der Waals surface area contributed by atoms with Gasteiger partial charge in [0, 0.05) is 23.6 Å². The first-order chi connectivity index (χ1) is 13.2. The first kappa shape index (κ1) is 21.6. The van der Waals surface area contributed by atoms with Crippen LogP contribution >= 0.6 is 15.9 Å². The van der Waals surface area contributed by atoms with Crippen LogP contribution in [0.4, 0.5) is 18.9 Å². The average molecular weight is 462 g/mol. The van der Waals surface area contributed by atoms with E-state index in [0.717, 1.165) is 6.07 Å². The normalized spacial score (nSPS) is 18.8. The molecule has 150 valence electrons. The van der Waals surface area contributed by atoms with Gasteiger partial charge in [0.1, 0.15) is 18.3 Å². The standard InChI is InChI=1S/C11H11BrF3N3O.C5H4N2O2/c12-7-2-5(16)1-6(9(7)13)11(10(14)15)4-19-3-8(17)18-11;8-5(9)4-6-2-1-3-7-4/h1-2,10H,3-4,16H2,(H2,17,18);1-3H,(H,8,9)/t11-;/m0./s1. The first-order valence-electron chi connectivity index (χ1n) is 7.62. The van der Waals surface area contributed by atoms with E-state index in [4.69, 9.17) is 21.3 Å². The number of amidine groups is 1. The summed E-state index contributed by atoms with van der Waals surface area (Å²) in [4.78, 5) is 20.7. The topological polar surface area (TPSA) is 137 Å². The summed E-state index contributed by atoms with van der Waals surface area (Å²) in [6, 6.07) is 3.97. The summed E-state index contributed by atoms with van der Waals surface area (Å²) >= 11 is 2.93. The van der Waals surface area contributed by atoms with Crippen molar-refractivity contribution in [3.8, 4) is 0 Å². The molecule has 3 rings (SSSR count). The fourth-order valence-electron chi connectivity index (χ4n) is 2.33.